The summed E-state index contributed by atoms with van der Waals surface area (Å²) in [6.07, 6.45) is 1.50. The molecule has 1 rings (SSSR count). The average molecular weight is 191 g/mol. The smallest absolute Gasteiger partial charge is 0.147 e. The van der Waals surface area contributed by atoms with Crippen LogP contribution in [0.2, 0.25) is 0 Å². The maximum Gasteiger partial charge on any atom is 0.147 e. The Kier molecular flexibility index (Phi) is 4.33. The van der Waals surface area contributed by atoms with Gasteiger partial charge in [0.05, 0.1) is 6.54 Å². The van der Waals surface area contributed by atoms with Crippen LogP contribution in [0.15, 0.2) is 30.3 Å². The van der Waals surface area contributed by atoms with Gasteiger partial charge in [0, 0.05) is 6.42 Å². The maximum atomic E-state index is 11.4. The second-order valence-electron chi connectivity index (χ2n) is 3.76. The molecule has 0 spiro atoms. The van der Waals surface area contributed by atoms with Crippen molar-refractivity contribution < 1.29 is 4.79 Å². The lowest BCUT2D eigenvalue weighted by molar-refractivity contribution is -0.119. The SMILES string of the molecule is CN(C)CC(=O)CCc1ccccc1. The number of carbonyl (C=O) groups excluding carboxylic acids is 1. The summed E-state index contributed by atoms with van der Waals surface area (Å²) >= 11 is 0. The molecule has 0 heterocycles. The van der Waals surface area contributed by atoms with Crippen molar-refractivity contribution >= 4 is 5.78 Å². The van der Waals surface area contributed by atoms with E-state index in [2.05, 4.69) is 12.1 Å². The monoisotopic (exact) mass is 191 g/mol. The van der Waals surface area contributed by atoms with Crippen molar-refractivity contribution in [2.45, 2.75) is 12.8 Å². The van der Waals surface area contributed by atoms with Gasteiger partial charge in [-0.05, 0) is 26.1 Å². The fourth-order valence-electron chi connectivity index (χ4n) is 1.36. The normalized spacial score (nSPS) is 10.5. The minimum Gasteiger partial charge on any atom is -0.302 e. The predicted octanol–water partition coefficient (Wildman–Crippen LogP) is 1.75. The van der Waals surface area contributed by atoms with Crippen molar-refractivity contribution in [2.24, 2.45) is 0 Å². The zero-order valence-electron chi connectivity index (χ0n) is 8.86. The number of aryl methyl sites for hydroxylation is 1. The molecule has 76 valence electrons. The summed E-state index contributed by atoms with van der Waals surface area (Å²) in [6, 6.07) is 10.1. The largest absolute Gasteiger partial charge is 0.302 e. The number of ketones is 1. The molecule has 0 aliphatic carbocycles. The van der Waals surface area contributed by atoms with Crippen LogP contribution in [0.25, 0.3) is 0 Å². The van der Waals surface area contributed by atoms with Crippen LogP contribution >= 0.6 is 0 Å². The van der Waals surface area contributed by atoms with E-state index in [1.807, 2.05) is 37.2 Å². The Morgan fingerprint density at radius 3 is 2.43 bits per heavy atom. The van der Waals surface area contributed by atoms with Crippen LogP contribution in [-0.4, -0.2) is 31.3 Å². The van der Waals surface area contributed by atoms with E-state index in [1.54, 1.807) is 0 Å². The van der Waals surface area contributed by atoms with Gasteiger partial charge in [0.1, 0.15) is 5.78 Å². The van der Waals surface area contributed by atoms with E-state index in [0.717, 1.165) is 6.42 Å². The van der Waals surface area contributed by atoms with Gasteiger partial charge >= 0.3 is 0 Å². The number of hydrogen-bond donors (Lipinski definition) is 0. The highest BCUT2D eigenvalue weighted by Crippen LogP contribution is 2.02. The number of hydrogen-bond acceptors (Lipinski definition) is 2. The molecular formula is C12H17NO. The number of rotatable bonds is 5. The maximum absolute atomic E-state index is 11.4. The molecule has 2 nitrogen and oxygen atoms in total. The zero-order valence-corrected chi connectivity index (χ0v) is 8.86. The van der Waals surface area contributed by atoms with Crippen molar-refractivity contribution in [2.75, 3.05) is 20.6 Å². The molecule has 0 aliphatic rings. The highest BCUT2D eigenvalue weighted by Gasteiger charge is 2.03. The van der Waals surface area contributed by atoms with Gasteiger partial charge in [0.15, 0.2) is 0 Å². The van der Waals surface area contributed by atoms with Gasteiger partial charge in [0.25, 0.3) is 0 Å². The molecule has 0 amide bonds. The molecule has 2 heteroatoms. The third-order valence-electron chi connectivity index (χ3n) is 2.03. The Morgan fingerprint density at radius 1 is 1.21 bits per heavy atom. The Labute approximate surface area is 85.5 Å². The number of Topliss-reactive ketones (excluding diaryl/α,β-unsaturated/α-hetero) is 1. The highest BCUT2D eigenvalue weighted by molar-refractivity contribution is 5.80. The van der Waals surface area contributed by atoms with Gasteiger partial charge in [-0.3, -0.25) is 4.79 Å². The third-order valence-corrected chi connectivity index (χ3v) is 2.03. The van der Waals surface area contributed by atoms with Gasteiger partial charge in [0.2, 0.25) is 0 Å². The van der Waals surface area contributed by atoms with Crippen LogP contribution in [0, 0.1) is 0 Å². The lowest BCUT2D eigenvalue weighted by atomic mass is 10.1. The van der Waals surface area contributed by atoms with Gasteiger partial charge in [-0.2, -0.15) is 0 Å². The number of benzene rings is 1. The van der Waals surface area contributed by atoms with Crippen LogP contribution in [0.5, 0.6) is 0 Å². The number of nitrogens with zero attached hydrogens (tertiary/aromatic N) is 1. The van der Waals surface area contributed by atoms with E-state index in [-0.39, 0.29) is 0 Å². The summed E-state index contributed by atoms with van der Waals surface area (Å²) in [4.78, 5) is 13.3. The molecule has 0 radical (unpaired) electrons. The number of carbonyl (C=O) groups is 1. The molecular weight excluding hydrogens is 174 g/mol. The third kappa shape index (κ3) is 4.19. The first-order chi connectivity index (χ1) is 6.68. The molecule has 0 atom stereocenters. The summed E-state index contributed by atoms with van der Waals surface area (Å²) in [6.45, 7) is 0.548. The first-order valence-electron chi connectivity index (χ1n) is 4.89. The predicted molar refractivity (Wildman–Crippen MR) is 58.3 cm³/mol. The molecule has 0 fully saturated rings. The molecule has 0 aliphatic heterocycles. The average Bonchev–Trinajstić information content (AvgIpc) is 2.15. The summed E-state index contributed by atoms with van der Waals surface area (Å²) in [5.74, 6) is 0.304. The van der Waals surface area contributed by atoms with E-state index in [0.29, 0.717) is 18.7 Å². The first-order valence-corrected chi connectivity index (χ1v) is 4.89. The molecule has 0 N–H and O–H groups in total. The summed E-state index contributed by atoms with van der Waals surface area (Å²) in [5, 5.41) is 0. The molecule has 0 aromatic heterocycles. The molecule has 1 aromatic rings. The van der Waals surface area contributed by atoms with E-state index in [1.165, 1.54) is 5.56 Å². The Bertz CT molecular complexity index is 280. The van der Waals surface area contributed by atoms with E-state index < -0.39 is 0 Å². The minimum atomic E-state index is 0.304. The van der Waals surface area contributed by atoms with Crippen LogP contribution in [0.3, 0.4) is 0 Å². The lowest BCUT2D eigenvalue weighted by Crippen LogP contribution is -2.21. The number of likely N-dealkylation sites (N-methyl/N-ethyl adjacent to an activating group) is 1. The van der Waals surface area contributed by atoms with E-state index >= 15 is 0 Å². The molecule has 14 heavy (non-hydrogen) atoms. The highest BCUT2D eigenvalue weighted by atomic mass is 16.1. The molecule has 0 unspecified atom stereocenters. The second kappa shape index (κ2) is 5.55. The van der Waals surface area contributed by atoms with Crippen molar-refractivity contribution in [3.63, 3.8) is 0 Å². The molecule has 0 bridgehead atoms. The zero-order chi connectivity index (χ0) is 10.4. The van der Waals surface area contributed by atoms with Gasteiger partial charge in [-0.25, -0.2) is 0 Å². The Hall–Kier alpha value is -1.15. The van der Waals surface area contributed by atoms with E-state index in [4.69, 9.17) is 0 Å². The minimum absolute atomic E-state index is 0.304. The molecule has 0 saturated heterocycles. The quantitative estimate of drug-likeness (QED) is 0.706. The van der Waals surface area contributed by atoms with Crippen LogP contribution < -0.4 is 0 Å². The lowest BCUT2D eigenvalue weighted by Gasteiger charge is -2.07. The fraction of sp³-hybridized carbons (Fsp3) is 0.417. The van der Waals surface area contributed by atoms with Crippen molar-refractivity contribution in [1.82, 2.24) is 4.90 Å². The van der Waals surface area contributed by atoms with Gasteiger partial charge in [-0.1, -0.05) is 30.3 Å². The molecule has 0 saturated carbocycles. The van der Waals surface area contributed by atoms with Crippen molar-refractivity contribution in [3.05, 3.63) is 35.9 Å². The van der Waals surface area contributed by atoms with Crippen LogP contribution in [-0.2, 0) is 11.2 Å². The topological polar surface area (TPSA) is 20.3 Å². The summed E-state index contributed by atoms with van der Waals surface area (Å²) in [5.41, 5.74) is 1.24. The summed E-state index contributed by atoms with van der Waals surface area (Å²) in [7, 11) is 3.83. The fourth-order valence-corrected chi connectivity index (χ4v) is 1.36. The Morgan fingerprint density at radius 2 is 1.86 bits per heavy atom. The van der Waals surface area contributed by atoms with Crippen molar-refractivity contribution in [1.29, 1.82) is 0 Å². The molecule has 1 aromatic carbocycles. The van der Waals surface area contributed by atoms with Crippen molar-refractivity contribution in [3.8, 4) is 0 Å². The van der Waals surface area contributed by atoms with Gasteiger partial charge in [-0.15, -0.1) is 0 Å². The standard InChI is InChI=1S/C12H17NO/c1-13(2)10-12(14)9-8-11-6-4-3-5-7-11/h3-7H,8-10H2,1-2H3. The van der Waals surface area contributed by atoms with Crippen LogP contribution in [0.1, 0.15) is 12.0 Å². The van der Waals surface area contributed by atoms with Crippen LogP contribution in [0.4, 0.5) is 0 Å². The Balaban J connectivity index is 2.31. The van der Waals surface area contributed by atoms with E-state index in [9.17, 15) is 4.79 Å². The second-order valence-corrected chi connectivity index (χ2v) is 3.76. The summed E-state index contributed by atoms with van der Waals surface area (Å²) < 4.78 is 0. The van der Waals surface area contributed by atoms with Gasteiger partial charge < -0.3 is 4.90 Å². The first kappa shape index (κ1) is 10.9.